The Morgan fingerprint density at radius 2 is 0.923 bits per heavy atom. The lowest BCUT2D eigenvalue weighted by atomic mass is 10.0. The van der Waals surface area contributed by atoms with Crippen LogP contribution in [-0.2, 0) is 0 Å². The number of benzene rings is 2. The molecule has 0 unspecified atom stereocenters. The van der Waals surface area contributed by atoms with Gasteiger partial charge in [0.05, 0.1) is 22.3 Å². The van der Waals surface area contributed by atoms with E-state index in [0.29, 0.717) is 0 Å². The number of carbonyl (C=O) groups is 4. The molecule has 0 atom stereocenters. The maximum atomic E-state index is 11.2. The Morgan fingerprint density at radius 3 is 1.19 bits per heavy atom. The van der Waals surface area contributed by atoms with Gasteiger partial charge in [0.1, 0.15) is 0 Å². The van der Waals surface area contributed by atoms with E-state index in [4.69, 9.17) is 20.4 Å². The topological polar surface area (TPSA) is 149 Å². The summed E-state index contributed by atoms with van der Waals surface area (Å²) >= 11 is 0. The highest BCUT2D eigenvalue weighted by Crippen LogP contribution is 2.15. The summed E-state index contributed by atoms with van der Waals surface area (Å²) < 4.78 is 0. The number of aromatic carboxylic acids is 4. The molecule has 2 aromatic rings. The Labute approximate surface area is 146 Å². The summed E-state index contributed by atoms with van der Waals surface area (Å²) in [7, 11) is 0. The monoisotopic (exact) mass is 354 g/mol. The predicted molar refractivity (Wildman–Crippen MR) is 86.7 cm³/mol. The summed E-state index contributed by atoms with van der Waals surface area (Å²) in [5, 5.41) is 36.3. The molecule has 0 radical (unpaired) electrons. The molecule has 0 fully saturated rings. The summed E-state index contributed by atoms with van der Waals surface area (Å²) in [5.41, 5.74) is -1.22. The van der Waals surface area contributed by atoms with Gasteiger partial charge >= 0.3 is 23.9 Å². The Morgan fingerprint density at radius 1 is 0.577 bits per heavy atom. The Balaban J connectivity index is 2.65. The fourth-order valence-corrected chi connectivity index (χ4v) is 2.07. The Kier molecular flexibility index (Phi) is 5.04. The molecule has 26 heavy (non-hydrogen) atoms. The molecule has 130 valence electrons. The van der Waals surface area contributed by atoms with Gasteiger partial charge in [-0.3, -0.25) is 0 Å². The number of carboxylic acid groups (broad SMARTS) is 4. The summed E-state index contributed by atoms with van der Waals surface area (Å²) in [6, 6.07) is 6.43. The van der Waals surface area contributed by atoms with Gasteiger partial charge in [-0.25, -0.2) is 19.2 Å². The summed E-state index contributed by atoms with van der Waals surface area (Å²) in [6.45, 7) is 0. The van der Waals surface area contributed by atoms with Gasteiger partial charge in [-0.05, 0) is 36.4 Å². The molecular formula is C18H10O8. The normalized spacial score (nSPS) is 9.69. The van der Waals surface area contributed by atoms with Crippen LogP contribution in [0.5, 0.6) is 0 Å². The van der Waals surface area contributed by atoms with Crippen molar-refractivity contribution >= 4 is 23.9 Å². The first-order valence-corrected chi connectivity index (χ1v) is 6.94. The fraction of sp³-hybridized carbons (Fsp3) is 0. The lowest BCUT2D eigenvalue weighted by Crippen LogP contribution is -2.05. The van der Waals surface area contributed by atoms with E-state index in [-0.39, 0.29) is 33.4 Å². The second-order valence-electron chi connectivity index (χ2n) is 4.99. The van der Waals surface area contributed by atoms with Crippen LogP contribution in [0, 0.1) is 11.8 Å². The minimum atomic E-state index is -1.34. The number of hydrogen-bond donors (Lipinski definition) is 4. The third kappa shape index (κ3) is 3.85. The van der Waals surface area contributed by atoms with Crippen molar-refractivity contribution in [1.82, 2.24) is 0 Å². The van der Waals surface area contributed by atoms with Crippen molar-refractivity contribution in [3.05, 3.63) is 69.8 Å². The van der Waals surface area contributed by atoms with E-state index in [1.807, 2.05) is 0 Å². The van der Waals surface area contributed by atoms with Crippen LogP contribution >= 0.6 is 0 Å². The lowest BCUT2D eigenvalue weighted by Gasteiger charge is -2.03. The highest BCUT2D eigenvalue weighted by atomic mass is 16.4. The minimum absolute atomic E-state index is 0.144. The van der Waals surface area contributed by atoms with E-state index in [0.717, 1.165) is 36.4 Å². The molecule has 0 spiro atoms. The van der Waals surface area contributed by atoms with Gasteiger partial charge < -0.3 is 20.4 Å². The van der Waals surface area contributed by atoms with E-state index >= 15 is 0 Å². The van der Waals surface area contributed by atoms with Crippen LogP contribution in [0.3, 0.4) is 0 Å². The van der Waals surface area contributed by atoms with Gasteiger partial charge in [0, 0.05) is 11.1 Å². The van der Waals surface area contributed by atoms with Gasteiger partial charge in [-0.2, -0.15) is 0 Å². The molecular weight excluding hydrogens is 344 g/mol. The van der Waals surface area contributed by atoms with Gasteiger partial charge in [-0.1, -0.05) is 11.8 Å². The van der Waals surface area contributed by atoms with Crippen LogP contribution in [0.15, 0.2) is 36.4 Å². The Bertz CT molecular complexity index is 928. The van der Waals surface area contributed by atoms with Crippen LogP contribution in [0.1, 0.15) is 52.6 Å². The summed E-state index contributed by atoms with van der Waals surface area (Å²) in [4.78, 5) is 44.6. The van der Waals surface area contributed by atoms with Crippen molar-refractivity contribution in [2.24, 2.45) is 0 Å². The minimum Gasteiger partial charge on any atom is -0.478 e. The van der Waals surface area contributed by atoms with Crippen molar-refractivity contribution < 1.29 is 39.6 Å². The van der Waals surface area contributed by atoms with Crippen molar-refractivity contribution in [1.29, 1.82) is 0 Å². The second kappa shape index (κ2) is 7.19. The van der Waals surface area contributed by atoms with Crippen LogP contribution in [0.25, 0.3) is 0 Å². The first-order valence-electron chi connectivity index (χ1n) is 6.94. The number of rotatable bonds is 4. The molecule has 8 heteroatoms. The Hall–Kier alpha value is -4.12. The van der Waals surface area contributed by atoms with Gasteiger partial charge in [-0.15, -0.1) is 0 Å². The highest BCUT2D eigenvalue weighted by molar-refractivity contribution is 5.96. The first kappa shape index (κ1) is 18.2. The van der Waals surface area contributed by atoms with E-state index in [9.17, 15) is 19.2 Å². The average molecular weight is 354 g/mol. The average Bonchev–Trinajstić information content (AvgIpc) is 2.58. The van der Waals surface area contributed by atoms with Gasteiger partial charge in [0.25, 0.3) is 0 Å². The van der Waals surface area contributed by atoms with E-state index in [1.54, 1.807) is 0 Å². The van der Waals surface area contributed by atoms with Gasteiger partial charge in [0.15, 0.2) is 0 Å². The first-order chi connectivity index (χ1) is 12.2. The van der Waals surface area contributed by atoms with E-state index < -0.39 is 23.9 Å². The molecule has 0 saturated heterocycles. The molecule has 0 aliphatic rings. The van der Waals surface area contributed by atoms with Crippen molar-refractivity contribution in [3.8, 4) is 11.8 Å². The fourth-order valence-electron chi connectivity index (χ4n) is 2.07. The zero-order valence-electron chi connectivity index (χ0n) is 12.9. The highest BCUT2D eigenvalue weighted by Gasteiger charge is 2.14. The SMILES string of the molecule is O=C(O)c1ccc(C(=O)O)c(C#Cc2cc(C(=O)O)ccc2C(=O)O)c1. The summed E-state index contributed by atoms with van der Waals surface area (Å²) in [5.74, 6) is -0.429. The van der Waals surface area contributed by atoms with E-state index in [1.165, 1.54) is 0 Å². The van der Waals surface area contributed by atoms with Crippen molar-refractivity contribution in [2.75, 3.05) is 0 Å². The molecule has 8 nitrogen and oxygen atoms in total. The predicted octanol–water partition coefficient (Wildman–Crippen LogP) is 1.88. The molecule has 0 saturated carbocycles. The maximum Gasteiger partial charge on any atom is 0.336 e. The van der Waals surface area contributed by atoms with Crippen LogP contribution < -0.4 is 0 Å². The second-order valence-corrected chi connectivity index (χ2v) is 4.99. The molecule has 0 bridgehead atoms. The van der Waals surface area contributed by atoms with Crippen molar-refractivity contribution in [3.63, 3.8) is 0 Å². The molecule has 4 N–H and O–H groups in total. The quantitative estimate of drug-likeness (QED) is 0.608. The largest absolute Gasteiger partial charge is 0.478 e. The molecule has 0 aliphatic heterocycles. The lowest BCUT2D eigenvalue weighted by molar-refractivity contribution is 0.0681. The number of carboxylic acids is 4. The number of hydrogen-bond acceptors (Lipinski definition) is 4. The summed E-state index contributed by atoms with van der Waals surface area (Å²) in [6.07, 6.45) is 0. The smallest absolute Gasteiger partial charge is 0.336 e. The molecule has 2 rings (SSSR count). The molecule has 2 aromatic carbocycles. The third-order valence-electron chi connectivity index (χ3n) is 3.33. The molecule has 0 heterocycles. The molecule has 0 aromatic heterocycles. The maximum absolute atomic E-state index is 11.2. The molecule has 0 amide bonds. The van der Waals surface area contributed by atoms with Gasteiger partial charge in [0.2, 0.25) is 0 Å². The zero-order chi connectivity index (χ0) is 19.4. The van der Waals surface area contributed by atoms with E-state index in [2.05, 4.69) is 11.8 Å². The van der Waals surface area contributed by atoms with Crippen LogP contribution in [0.4, 0.5) is 0 Å². The van der Waals surface area contributed by atoms with Crippen LogP contribution in [-0.4, -0.2) is 44.3 Å². The zero-order valence-corrected chi connectivity index (χ0v) is 12.9. The third-order valence-corrected chi connectivity index (χ3v) is 3.33. The van der Waals surface area contributed by atoms with Crippen molar-refractivity contribution in [2.45, 2.75) is 0 Å². The standard InChI is InChI=1S/C18H10O8/c19-15(20)11-3-5-13(17(23)24)9(7-11)1-2-10-8-12(16(21)22)4-6-14(10)18(25)26/h3-8H,(H,19,20)(H,21,22)(H,23,24)(H,25,26). The molecule has 0 aliphatic carbocycles. The van der Waals surface area contributed by atoms with Crippen LogP contribution in [0.2, 0.25) is 0 Å².